The van der Waals surface area contributed by atoms with E-state index in [1.165, 1.54) is 0 Å². The summed E-state index contributed by atoms with van der Waals surface area (Å²) in [6, 6.07) is 16.7. The highest BCUT2D eigenvalue weighted by Crippen LogP contribution is 2.30. The monoisotopic (exact) mass is 409 g/mol. The first-order valence-electron chi connectivity index (χ1n) is 9.20. The summed E-state index contributed by atoms with van der Waals surface area (Å²) < 4.78 is 10.9. The molecule has 0 saturated heterocycles. The number of nitrogens with zero attached hydrogens (tertiary/aromatic N) is 1. The van der Waals surface area contributed by atoms with Gasteiger partial charge in [0, 0.05) is 16.8 Å². The molecule has 6 nitrogen and oxygen atoms in total. The summed E-state index contributed by atoms with van der Waals surface area (Å²) in [6.07, 6.45) is 2.28. The first-order chi connectivity index (χ1) is 14.1. The van der Waals surface area contributed by atoms with E-state index < -0.39 is 0 Å². The number of ether oxygens (including phenoxy) is 2. The van der Waals surface area contributed by atoms with Crippen molar-refractivity contribution in [1.82, 2.24) is 4.98 Å². The number of hydrogen-bond acceptors (Lipinski definition) is 5. The van der Waals surface area contributed by atoms with Gasteiger partial charge in [-0.3, -0.25) is 4.79 Å². The van der Waals surface area contributed by atoms with Crippen LogP contribution in [0.1, 0.15) is 5.56 Å². The smallest absolute Gasteiger partial charge is 0.232 e. The molecule has 0 spiro atoms. The Bertz CT molecular complexity index is 1020. The van der Waals surface area contributed by atoms with E-state index >= 15 is 0 Å². The Hall–Kier alpha value is -3.25. The first-order valence-corrected chi connectivity index (χ1v) is 9.58. The molecule has 1 atom stereocenters. The second-order valence-electron chi connectivity index (χ2n) is 6.74. The quantitative estimate of drug-likeness (QED) is 0.640. The third kappa shape index (κ3) is 4.60. The Labute approximate surface area is 173 Å². The lowest BCUT2D eigenvalue weighted by Gasteiger charge is -2.24. The number of pyridine rings is 1. The maximum absolute atomic E-state index is 12.6. The molecule has 0 saturated carbocycles. The van der Waals surface area contributed by atoms with Gasteiger partial charge in [-0.25, -0.2) is 4.98 Å². The van der Waals surface area contributed by atoms with Crippen LogP contribution in [0.5, 0.6) is 11.5 Å². The van der Waals surface area contributed by atoms with E-state index in [0.29, 0.717) is 23.9 Å². The van der Waals surface area contributed by atoms with Gasteiger partial charge in [0.1, 0.15) is 23.9 Å². The van der Waals surface area contributed by atoms with E-state index in [1.54, 1.807) is 31.5 Å². The molecule has 1 amide bonds. The van der Waals surface area contributed by atoms with Gasteiger partial charge in [-0.05, 0) is 48.4 Å². The Balaban J connectivity index is 1.37. The zero-order valence-corrected chi connectivity index (χ0v) is 16.6. The maximum atomic E-state index is 12.6. The number of fused-ring (bicyclic) bond motifs is 1. The third-order valence-corrected chi connectivity index (χ3v) is 4.91. The van der Waals surface area contributed by atoms with Crippen molar-refractivity contribution >= 4 is 34.7 Å². The fourth-order valence-electron chi connectivity index (χ4n) is 3.15. The van der Waals surface area contributed by atoms with E-state index in [4.69, 9.17) is 21.1 Å². The number of methoxy groups -OCH3 is 1. The van der Waals surface area contributed by atoms with Gasteiger partial charge in [0.15, 0.2) is 0 Å². The van der Waals surface area contributed by atoms with Crippen molar-refractivity contribution in [1.29, 1.82) is 0 Å². The Morgan fingerprint density at radius 2 is 2.07 bits per heavy atom. The fraction of sp³-hybridized carbons (Fsp3) is 0.182. The molecule has 0 aliphatic carbocycles. The van der Waals surface area contributed by atoms with Gasteiger partial charge in [0.25, 0.3) is 0 Å². The lowest BCUT2D eigenvalue weighted by molar-refractivity contribution is -0.121. The molecule has 1 unspecified atom stereocenters. The predicted molar refractivity (Wildman–Crippen MR) is 113 cm³/mol. The molecule has 29 heavy (non-hydrogen) atoms. The molecule has 2 heterocycles. The van der Waals surface area contributed by atoms with E-state index in [-0.39, 0.29) is 11.8 Å². The zero-order chi connectivity index (χ0) is 20.2. The first kappa shape index (κ1) is 19.1. The molecule has 4 rings (SSSR count). The highest BCUT2D eigenvalue weighted by Gasteiger charge is 2.26. The Kier molecular flexibility index (Phi) is 5.53. The van der Waals surface area contributed by atoms with Crippen LogP contribution < -0.4 is 20.1 Å². The van der Waals surface area contributed by atoms with Gasteiger partial charge in [-0.1, -0.05) is 23.7 Å². The lowest BCUT2D eigenvalue weighted by atomic mass is 9.96. The van der Waals surface area contributed by atoms with Gasteiger partial charge in [-0.15, -0.1) is 0 Å². The molecular weight excluding hydrogens is 390 g/mol. The van der Waals surface area contributed by atoms with Crippen molar-refractivity contribution in [2.75, 3.05) is 24.4 Å². The molecule has 7 heteroatoms. The summed E-state index contributed by atoms with van der Waals surface area (Å²) in [5.74, 6) is 1.61. The number of carbonyl (C=O) groups is 1. The molecular formula is C22H20ClN3O3. The number of benzene rings is 2. The molecule has 1 aliphatic heterocycles. The van der Waals surface area contributed by atoms with E-state index in [9.17, 15) is 4.79 Å². The van der Waals surface area contributed by atoms with Gasteiger partial charge in [0.2, 0.25) is 5.91 Å². The predicted octanol–water partition coefficient (Wildman–Crippen LogP) is 4.68. The molecule has 1 aliphatic rings. The van der Waals surface area contributed by atoms with Gasteiger partial charge >= 0.3 is 0 Å². The SMILES string of the molecule is COc1cccc(Nc2ccc(NC(=O)C3COc4cc(Cl)ccc4C3)nc2)c1. The molecule has 148 valence electrons. The average molecular weight is 410 g/mol. The van der Waals surface area contributed by atoms with Crippen molar-refractivity contribution in [3.63, 3.8) is 0 Å². The minimum atomic E-state index is -0.278. The summed E-state index contributed by atoms with van der Waals surface area (Å²) in [4.78, 5) is 16.9. The van der Waals surface area contributed by atoms with E-state index in [0.717, 1.165) is 28.4 Å². The summed E-state index contributed by atoms with van der Waals surface area (Å²) >= 11 is 5.98. The van der Waals surface area contributed by atoms with Crippen molar-refractivity contribution in [3.8, 4) is 11.5 Å². The standard InChI is InChI=1S/C22H20ClN3O3/c1-28-19-4-2-3-17(11-19)25-18-7-8-21(24-12-18)26-22(27)15-9-14-5-6-16(23)10-20(14)29-13-15/h2-8,10-12,15,25H,9,13H2,1H3,(H,24,26,27). The summed E-state index contributed by atoms with van der Waals surface area (Å²) in [7, 11) is 1.63. The largest absolute Gasteiger partial charge is 0.497 e. The van der Waals surface area contributed by atoms with Crippen molar-refractivity contribution in [2.45, 2.75) is 6.42 Å². The molecule has 0 radical (unpaired) electrons. The molecule has 2 aromatic carbocycles. The van der Waals surface area contributed by atoms with Crippen LogP contribution in [0.4, 0.5) is 17.2 Å². The van der Waals surface area contributed by atoms with E-state index in [2.05, 4.69) is 15.6 Å². The highest BCUT2D eigenvalue weighted by molar-refractivity contribution is 6.30. The molecule has 1 aromatic heterocycles. The summed E-state index contributed by atoms with van der Waals surface area (Å²) in [5.41, 5.74) is 2.68. The number of carbonyl (C=O) groups excluding carboxylic acids is 1. The van der Waals surface area contributed by atoms with Crippen molar-refractivity contribution < 1.29 is 14.3 Å². The van der Waals surface area contributed by atoms with Crippen LogP contribution >= 0.6 is 11.6 Å². The summed E-state index contributed by atoms with van der Waals surface area (Å²) in [5, 5.41) is 6.73. The Morgan fingerprint density at radius 1 is 1.17 bits per heavy atom. The third-order valence-electron chi connectivity index (χ3n) is 4.68. The summed E-state index contributed by atoms with van der Waals surface area (Å²) in [6.45, 7) is 0.314. The molecule has 2 N–H and O–H groups in total. The minimum Gasteiger partial charge on any atom is -0.497 e. The van der Waals surface area contributed by atoms with Crippen LogP contribution in [0.25, 0.3) is 0 Å². The van der Waals surface area contributed by atoms with Crippen LogP contribution in [0.3, 0.4) is 0 Å². The highest BCUT2D eigenvalue weighted by atomic mass is 35.5. The number of nitrogens with one attached hydrogen (secondary N) is 2. The molecule has 0 fully saturated rings. The van der Waals surface area contributed by atoms with E-state index in [1.807, 2.05) is 36.4 Å². The van der Waals surface area contributed by atoms with Crippen molar-refractivity contribution in [3.05, 3.63) is 71.4 Å². The van der Waals surface area contributed by atoms with Crippen LogP contribution in [0.15, 0.2) is 60.8 Å². The van der Waals surface area contributed by atoms with Crippen LogP contribution in [-0.2, 0) is 11.2 Å². The maximum Gasteiger partial charge on any atom is 0.232 e. The second-order valence-corrected chi connectivity index (χ2v) is 7.18. The zero-order valence-electron chi connectivity index (χ0n) is 15.8. The van der Waals surface area contributed by atoms with Crippen molar-refractivity contribution in [2.24, 2.45) is 5.92 Å². The molecule has 0 bridgehead atoms. The van der Waals surface area contributed by atoms with Gasteiger partial charge in [0.05, 0.1) is 24.9 Å². The number of anilines is 3. The number of amides is 1. The van der Waals surface area contributed by atoms with Crippen LogP contribution in [0, 0.1) is 5.92 Å². The number of halogens is 1. The minimum absolute atomic E-state index is 0.119. The second kappa shape index (κ2) is 8.41. The van der Waals surface area contributed by atoms with Gasteiger partial charge in [-0.2, -0.15) is 0 Å². The van der Waals surface area contributed by atoms with Crippen LogP contribution in [0.2, 0.25) is 5.02 Å². The van der Waals surface area contributed by atoms with Gasteiger partial charge < -0.3 is 20.1 Å². The number of hydrogen-bond donors (Lipinski definition) is 2. The fourth-order valence-corrected chi connectivity index (χ4v) is 3.31. The number of rotatable bonds is 5. The topological polar surface area (TPSA) is 72.5 Å². The van der Waals surface area contributed by atoms with Crippen LogP contribution in [-0.4, -0.2) is 24.6 Å². The molecule has 3 aromatic rings. The normalized spacial score (nSPS) is 15.0. The number of aromatic nitrogens is 1. The lowest BCUT2D eigenvalue weighted by Crippen LogP contribution is -2.32. The Morgan fingerprint density at radius 3 is 2.86 bits per heavy atom. The average Bonchev–Trinajstić information content (AvgIpc) is 2.75.